The van der Waals surface area contributed by atoms with Crippen molar-refractivity contribution in [3.05, 3.63) is 69.8 Å². The van der Waals surface area contributed by atoms with Gasteiger partial charge in [-0.15, -0.1) is 16.9 Å². The van der Waals surface area contributed by atoms with Crippen LogP contribution in [0.25, 0.3) is 0 Å². The van der Waals surface area contributed by atoms with Gasteiger partial charge in [-0.3, -0.25) is 10.1 Å². The van der Waals surface area contributed by atoms with E-state index in [1.807, 2.05) is 36.4 Å². The van der Waals surface area contributed by atoms with Gasteiger partial charge < -0.3 is 5.73 Å². The zero-order chi connectivity index (χ0) is 20.5. The number of hydrogen-bond donors (Lipinski definition) is 1. The van der Waals surface area contributed by atoms with Gasteiger partial charge in [0.2, 0.25) is 0 Å². The fraction of sp³-hybridized carbons (Fsp3) is 0.333. The van der Waals surface area contributed by atoms with E-state index in [-0.39, 0.29) is 10.6 Å². The number of nitrogens with zero attached hydrogens (tertiary/aromatic N) is 3. The first-order valence-electron chi connectivity index (χ1n) is 9.60. The Morgan fingerprint density at radius 2 is 1.93 bits per heavy atom. The van der Waals surface area contributed by atoms with Crippen molar-refractivity contribution in [2.24, 2.45) is 15.9 Å². The first-order valence-corrected chi connectivity index (χ1v) is 11.5. The fourth-order valence-electron chi connectivity index (χ4n) is 3.13. The second kappa shape index (κ2) is 11.0. The molecule has 29 heavy (non-hydrogen) atoms. The normalized spacial score (nSPS) is 15.7. The predicted molar refractivity (Wildman–Crippen MR) is 123 cm³/mol. The number of nitrogens with two attached hydrogens (primary N) is 1. The summed E-state index contributed by atoms with van der Waals surface area (Å²) in [4.78, 5) is 11.8. The number of non-ortho nitro benzene ring substituents is 1. The topological polar surface area (TPSA) is 93.9 Å². The summed E-state index contributed by atoms with van der Waals surface area (Å²) in [6, 6.07) is 14.9. The van der Waals surface area contributed by atoms with Gasteiger partial charge in [-0.05, 0) is 24.5 Å². The molecule has 1 fully saturated rings. The maximum absolute atomic E-state index is 11.2. The van der Waals surface area contributed by atoms with E-state index >= 15 is 0 Å². The van der Waals surface area contributed by atoms with E-state index in [9.17, 15) is 10.1 Å². The van der Waals surface area contributed by atoms with Crippen LogP contribution >= 0.6 is 23.5 Å². The SMILES string of the molecule is NC(=NN=Cc1cc([N+](=O)[O-])ccc1SC1CCCCC1)SCc1ccccc1. The summed E-state index contributed by atoms with van der Waals surface area (Å²) in [5, 5.41) is 20.2. The van der Waals surface area contributed by atoms with E-state index < -0.39 is 0 Å². The fourth-order valence-corrected chi connectivity index (χ4v) is 5.06. The second-order valence-electron chi connectivity index (χ2n) is 6.81. The second-order valence-corrected chi connectivity index (χ2v) is 9.15. The largest absolute Gasteiger partial charge is 0.377 e. The molecule has 2 N–H and O–H groups in total. The molecule has 2 aromatic carbocycles. The molecule has 1 aliphatic rings. The third kappa shape index (κ3) is 6.90. The molecule has 152 valence electrons. The minimum Gasteiger partial charge on any atom is -0.377 e. The summed E-state index contributed by atoms with van der Waals surface area (Å²) in [5.74, 6) is 0.714. The van der Waals surface area contributed by atoms with Crippen LogP contribution in [0.2, 0.25) is 0 Å². The van der Waals surface area contributed by atoms with Crippen molar-refractivity contribution in [3.63, 3.8) is 0 Å². The van der Waals surface area contributed by atoms with Gasteiger partial charge in [0.05, 0.1) is 11.1 Å². The lowest BCUT2D eigenvalue weighted by Crippen LogP contribution is -2.08. The summed E-state index contributed by atoms with van der Waals surface area (Å²) in [7, 11) is 0. The third-order valence-electron chi connectivity index (χ3n) is 4.63. The van der Waals surface area contributed by atoms with E-state index in [2.05, 4.69) is 10.2 Å². The Labute approximate surface area is 179 Å². The standard InChI is InChI=1S/C21H24N4O2S2/c22-21(28-15-16-7-3-1-4-8-16)24-23-14-17-13-18(25(26)27)11-12-20(17)29-19-9-5-2-6-10-19/h1,3-4,7-8,11-14,19H,2,5-6,9-10,15H2,(H2,22,24). The lowest BCUT2D eigenvalue weighted by Gasteiger charge is -2.21. The van der Waals surface area contributed by atoms with Gasteiger partial charge in [-0.1, -0.05) is 61.4 Å². The van der Waals surface area contributed by atoms with E-state index in [1.165, 1.54) is 43.9 Å². The van der Waals surface area contributed by atoms with Crippen LogP contribution in [0.3, 0.4) is 0 Å². The molecular weight excluding hydrogens is 404 g/mol. The zero-order valence-electron chi connectivity index (χ0n) is 16.1. The lowest BCUT2D eigenvalue weighted by molar-refractivity contribution is -0.384. The minimum atomic E-state index is -0.389. The quantitative estimate of drug-likeness (QED) is 0.268. The Hall–Kier alpha value is -2.32. The number of amidine groups is 1. The number of rotatable bonds is 7. The van der Waals surface area contributed by atoms with E-state index in [0.29, 0.717) is 21.7 Å². The molecule has 0 atom stereocenters. The van der Waals surface area contributed by atoms with Gasteiger partial charge >= 0.3 is 0 Å². The van der Waals surface area contributed by atoms with Crippen LogP contribution in [0.5, 0.6) is 0 Å². The number of nitro benzene ring substituents is 1. The maximum Gasteiger partial charge on any atom is 0.270 e. The Balaban J connectivity index is 1.69. The molecule has 0 bridgehead atoms. The molecule has 0 spiro atoms. The van der Waals surface area contributed by atoms with Crippen molar-refractivity contribution in [3.8, 4) is 0 Å². The Morgan fingerprint density at radius 3 is 2.66 bits per heavy atom. The van der Waals surface area contributed by atoms with Gasteiger partial charge in [0.15, 0.2) is 5.17 Å². The van der Waals surface area contributed by atoms with Gasteiger partial charge in [0.25, 0.3) is 5.69 Å². The molecule has 3 rings (SSSR count). The van der Waals surface area contributed by atoms with Crippen LogP contribution in [0.1, 0.15) is 43.2 Å². The zero-order valence-corrected chi connectivity index (χ0v) is 17.7. The first-order chi connectivity index (χ1) is 14.1. The monoisotopic (exact) mass is 428 g/mol. The number of thioether (sulfide) groups is 2. The van der Waals surface area contributed by atoms with Crippen LogP contribution in [-0.2, 0) is 5.75 Å². The first kappa shape index (κ1) is 21.4. The molecule has 2 aromatic rings. The Morgan fingerprint density at radius 1 is 1.17 bits per heavy atom. The number of nitro groups is 1. The molecule has 6 nitrogen and oxygen atoms in total. The van der Waals surface area contributed by atoms with Crippen molar-refractivity contribution >= 4 is 40.6 Å². The molecule has 0 aliphatic heterocycles. The molecule has 0 unspecified atom stereocenters. The summed E-state index contributed by atoms with van der Waals surface area (Å²) < 4.78 is 0. The Kier molecular flexibility index (Phi) is 8.13. The molecule has 1 saturated carbocycles. The number of benzene rings is 2. The Bertz CT molecular complexity index is 882. The predicted octanol–water partition coefficient (Wildman–Crippen LogP) is 5.60. The number of hydrogen-bond acceptors (Lipinski definition) is 6. The van der Waals surface area contributed by atoms with E-state index in [1.54, 1.807) is 30.1 Å². The lowest BCUT2D eigenvalue weighted by atomic mass is 10.0. The third-order valence-corrected chi connectivity index (χ3v) is 6.92. The minimum absolute atomic E-state index is 0.0508. The van der Waals surface area contributed by atoms with Gasteiger partial charge in [-0.25, -0.2) is 0 Å². The molecule has 8 heteroatoms. The summed E-state index contributed by atoms with van der Waals surface area (Å²) in [6.07, 6.45) is 7.70. The summed E-state index contributed by atoms with van der Waals surface area (Å²) >= 11 is 3.19. The van der Waals surface area contributed by atoms with Crippen LogP contribution in [0.4, 0.5) is 5.69 Å². The van der Waals surface area contributed by atoms with E-state index in [0.717, 1.165) is 10.5 Å². The van der Waals surface area contributed by atoms with Crippen molar-refractivity contribution in [1.82, 2.24) is 0 Å². The highest BCUT2D eigenvalue weighted by molar-refractivity contribution is 8.13. The molecule has 0 radical (unpaired) electrons. The molecular formula is C21H24N4O2S2. The highest BCUT2D eigenvalue weighted by Crippen LogP contribution is 2.36. The van der Waals surface area contributed by atoms with Crippen LogP contribution in [0.15, 0.2) is 63.6 Å². The van der Waals surface area contributed by atoms with Crippen molar-refractivity contribution < 1.29 is 4.92 Å². The maximum atomic E-state index is 11.2. The molecule has 1 aliphatic carbocycles. The van der Waals surface area contributed by atoms with Crippen LogP contribution in [-0.4, -0.2) is 21.6 Å². The van der Waals surface area contributed by atoms with Crippen molar-refractivity contribution in [1.29, 1.82) is 0 Å². The molecule has 0 saturated heterocycles. The average molecular weight is 429 g/mol. The molecule has 0 aromatic heterocycles. The van der Waals surface area contributed by atoms with E-state index in [4.69, 9.17) is 5.73 Å². The smallest absolute Gasteiger partial charge is 0.270 e. The van der Waals surface area contributed by atoms with Gasteiger partial charge in [-0.2, -0.15) is 5.10 Å². The summed E-state index contributed by atoms with van der Waals surface area (Å²) in [6.45, 7) is 0. The average Bonchev–Trinajstić information content (AvgIpc) is 2.74. The highest BCUT2D eigenvalue weighted by Gasteiger charge is 2.17. The van der Waals surface area contributed by atoms with Gasteiger partial charge in [0.1, 0.15) is 0 Å². The van der Waals surface area contributed by atoms with Crippen LogP contribution in [0, 0.1) is 10.1 Å². The van der Waals surface area contributed by atoms with Crippen molar-refractivity contribution in [2.75, 3.05) is 0 Å². The van der Waals surface area contributed by atoms with Gasteiger partial charge in [0, 0.05) is 33.6 Å². The molecule has 0 heterocycles. The highest BCUT2D eigenvalue weighted by atomic mass is 32.2. The van der Waals surface area contributed by atoms with Crippen molar-refractivity contribution in [2.45, 2.75) is 48.0 Å². The molecule has 0 amide bonds. The summed E-state index contributed by atoms with van der Waals surface area (Å²) in [5.41, 5.74) is 7.85. The van der Waals surface area contributed by atoms with Crippen LogP contribution < -0.4 is 5.73 Å².